The molecule has 236 valence electrons. The summed E-state index contributed by atoms with van der Waals surface area (Å²) < 4.78 is 59.7. The molecule has 0 spiro atoms. The highest BCUT2D eigenvalue weighted by molar-refractivity contribution is 6.15. The van der Waals surface area contributed by atoms with Gasteiger partial charge in [-0.15, -0.1) is 0 Å². The molecular weight excluding hydrogens is 580 g/mol. The summed E-state index contributed by atoms with van der Waals surface area (Å²) >= 11 is 0. The quantitative estimate of drug-likeness (QED) is 0.351. The Bertz CT molecular complexity index is 1520. The second-order valence-corrected chi connectivity index (χ2v) is 11.4. The lowest BCUT2D eigenvalue weighted by Crippen LogP contribution is -2.38. The second-order valence-electron chi connectivity index (χ2n) is 11.4. The Labute approximate surface area is 252 Å². The van der Waals surface area contributed by atoms with Gasteiger partial charge in [0.2, 0.25) is 0 Å². The molecule has 0 radical (unpaired) electrons. The molecule has 2 aliphatic heterocycles. The number of piperidine rings is 2. The highest BCUT2D eigenvalue weighted by atomic mass is 19.4. The van der Waals surface area contributed by atoms with E-state index in [1.807, 2.05) is 26.9 Å². The molecule has 12 heteroatoms. The smallest absolute Gasteiger partial charge is 0.383 e. The van der Waals surface area contributed by atoms with E-state index in [9.17, 15) is 31.9 Å². The predicted molar refractivity (Wildman–Crippen MR) is 156 cm³/mol. The zero-order chi connectivity index (χ0) is 31.4. The first-order valence-electron chi connectivity index (χ1n) is 14.9. The van der Waals surface area contributed by atoms with Crippen molar-refractivity contribution in [1.82, 2.24) is 19.7 Å². The summed E-state index contributed by atoms with van der Waals surface area (Å²) in [5.41, 5.74) is 2.41. The molecule has 2 fully saturated rings. The molecule has 0 atom stereocenters. The zero-order valence-electron chi connectivity index (χ0n) is 24.6. The number of hydrogen-bond acceptors (Lipinski definition) is 4. The third-order valence-corrected chi connectivity index (χ3v) is 8.54. The Kier molecular flexibility index (Phi) is 9.57. The third kappa shape index (κ3) is 6.74. The van der Waals surface area contributed by atoms with E-state index in [-0.39, 0.29) is 24.3 Å². The topological polar surface area (TPSA) is 83.9 Å². The Balaban J connectivity index is 1.35. The summed E-state index contributed by atoms with van der Waals surface area (Å²) in [4.78, 5) is 42.4. The highest BCUT2D eigenvalue weighted by Gasteiger charge is 2.38. The number of aromatic nitrogens is 1. The normalized spacial score (nSPS) is 16.4. The van der Waals surface area contributed by atoms with Crippen LogP contribution in [0.5, 0.6) is 0 Å². The summed E-state index contributed by atoms with van der Waals surface area (Å²) in [6.45, 7) is 2.59. The van der Waals surface area contributed by atoms with Gasteiger partial charge in [-0.05, 0) is 67.3 Å². The molecule has 3 amide bonds. The van der Waals surface area contributed by atoms with E-state index < -0.39 is 17.9 Å². The number of methoxy groups -OCH3 is 1. The molecule has 0 unspecified atom stereocenters. The van der Waals surface area contributed by atoms with Gasteiger partial charge in [0.25, 0.3) is 11.8 Å². The number of alkyl halides is 3. The number of fused-ring (bicyclic) bond motifs is 1. The Morgan fingerprint density at radius 1 is 0.932 bits per heavy atom. The van der Waals surface area contributed by atoms with Crippen molar-refractivity contribution in [2.24, 2.45) is 0 Å². The fourth-order valence-electron chi connectivity index (χ4n) is 6.20. The van der Waals surface area contributed by atoms with E-state index >= 15 is 0 Å². The fraction of sp³-hybridized carbons (Fsp3) is 0.469. The van der Waals surface area contributed by atoms with Gasteiger partial charge in [-0.2, -0.15) is 13.2 Å². The number of rotatable bonds is 8. The minimum absolute atomic E-state index is 0.0886. The van der Waals surface area contributed by atoms with Gasteiger partial charge in [-0.25, -0.2) is 4.39 Å². The molecule has 5 rings (SSSR count). The van der Waals surface area contributed by atoms with E-state index in [0.717, 1.165) is 24.8 Å². The maximum Gasteiger partial charge on any atom is 0.471 e. The van der Waals surface area contributed by atoms with Crippen molar-refractivity contribution in [2.45, 2.75) is 57.3 Å². The van der Waals surface area contributed by atoms with Crippen molar-refractivity contribution in [3.05, 3.63) is 70.7 Å². The van der Waals surface area contributed by atoms with E-state index in [0.29, 0.717) is 79.8 Å². The number of carbonyl (C=O) groups excluding carboxylic acids is 3. The molecule has 2 aliphatic rings. The lowest BCUT2D eigenvalue weighted by molar-refractivity contribution is -0.173. The van der Waals surface area contributed by atoms with Crippen LogP contribution in [-0.4, -0.2) is 78.2 Å². The van der Waals surface area contributed by atoms with E-state index in [1.54, 1.807) is 24.3 Å². The van der Waals surface area contributed by atoms with Crippen molar-refractivity contribution in [3.8, 4) is 0 Å². The van der Waals surface area contributed by atoms with Crippen LogP contribution in [0, 0.1) is 5.82 Å². The first kappa shape index (κ1) is 31.5. The first-order valence-corrected chi connectivity index (χ1v) is 14.9. The number of hydrogen-bond donors (Lipinski definition) is 1. The zero-order valence-corrected chi connectivity index (χ0v) is 24.6. The molecule has 0 bridgehead atoms. The first-order chi connectivity index (χ1) is 21.1. The Morgan fingerprint density at radius 3 is 2.30 bits per heavy atom. The van der Waals surface area contributed by atoms with Crippen LogP contribution in [0.3, 0.4) is 0 Å². The maximum atomic E-state index is 14.8. The number of carbonyl (C=O) groups is 3. The minimum Gasteiger partial charge on any atom is -0.383 e. The average molecular weight is 617 g/mol. The van der Waals surface area contributed by atoms with Crippen LogP contribution in [0.2, 0.25) is 0 Å². The fourth-order valence-corrected chi connectivity index (χ4v) is 6.20. The van der Waals surface area contributed by atoms with Gasteiger partial charge in [-0.1, -0.05) is 18.2 Å². The van der Waals surface area contributed by atoms with Crippen LogP contribution >= 0.6 is 0 Å². The molecule has 2 aromatic carbocycles. The molecular formula is C32H36F4N4O4. The van der Waals surface area contributed by atoms with Gasteiger partial charge < -0.3 is 24.4 Å². The largest absolute Gasteiger partial charge is 0.471 e. The minimum atomic E-state index is -5.00. The number of nitrogens with zero attached hydrogens (tertiary/aromatic N) is 3. The summed E-state index contributed by atoms with van der Waals surface area (Å²) in [7, 11) is 1.60. The molecule has 8 nitrogen and oxygen atoms in total. The molecule has 0 aliphatic carbocycles. The SMILES string of the molecule is COCCn1cc(C(=O)N2CCC(c3cc(CNC(=O)C(F)(F)F)ccc3F)CC2)c2c(C(=O)N3CCCCC3)cccc21. The van der Waals surface area contributed by atoms with Crippen LogP contribution in [0.1, 0.15) is 69.9 Å². The van der Waals surface area contributed by atoms with Crippen molar-refractivity contribution in [2.75, 3.05) is 39.9 Å². The van der Waals surface area contributed by atoms with Crippen molar-refractivity contribution < 1.29 is 36.7 Å². The molecule has 2 saturated heterocycles. The van der Waals surface area contributed by atoms with Crippen molar-refractivity contribution in [3.63, 3.8) is 0 Å². The van der Waals surface area contributed by atoms with Gasteiger partial charge in [-0.3, -0.25) is 14.4 Å². The van der Waals surface area contributed by atoms with Crippen LogP contribution in [0.15, 0.2) is 42.6 Å². The third-order valence-electron chi connectivity index (χ3n) is 8.54. The lowest BCUT2D eigenvalue weighted by Gasteiger charge is -2.32. The number of amides is 3. The lowest BCUT2D eigenvalue weighted by atomic mass is 9.88. The van der Waals surface area contributed by atoms with Crippen LogP contribution < -0.4 is 5.32 Å². The molecule has 0 saturated carbocycles. The highest BCUT2D eigenvalue weighted by Crippen LogP contribution is 2.33. The monoisotopic (exact) mass is 616 g/mol. The van der Waals surface area contributed by atoms with E-state index in [1.165, 1.54) is 18.2 Å². The number of likely N-dealkylation sites (tertiary alicyclic amines) is 2. The maximum absolute atomic E-state index is 14.8. The van der Waals surface area contributed by atoms with Crippen LogP contribution in [-0.2, 0) is 22.6 Å². The molecule has 3 heterocycles. The molecule has 1 aromatic heterocycles. The van der Waals surface area contributed by atoms with Gasteiger partial charge in [0.15, 0.2) is 0 Å². The number of nitrogens with one attached hydrogen (secondary N) is 1. The van der Waals surface area contributed by atoms with Crippen molar-refractivity contribution in [1.29, 1.82) is 0 Å². The predicted octanol–water partition coefficient (Wildman–Crippen LogP) is 5.25. The summed E-state index contributed by atoms with van der Waals surface area (Å²) in [6.07, 6.45) is 0.658. The van der Waals surface area contributed by atoms with Crippen LogP contribution in [0.4, 0.5) is 17.6 Å². The molecule has 44 heavy (non-hydrogen) atoms. The average Bonchev–Trinajstić information content (AvgIpc) is 3.41. The molecule has 1 N–H and O–H groups in total. The summed E-state index contributed by atoms with van der Waals surface area (Å²) in [5, 5.41) is 2.43. The van der Waals surface area contributed by atoms with E-state index in [4.69, 9.17) is 4.74 Å². The summed E-state index contributed by atoms with van der Waals surface area (Å²) in [6, 6.07) is 9.52. The second kappa shape index (κ2) is 13.4. The summed E-state index contributed by atoms with van der Waals surface area (Å²) in [5.74, 6) is -3.10. The van der Waals surface area contributed by atoms with E-state index in [2.05, 4.69) is 0 Å². The van der Waals surface area contributed by atoms with Gasteiger partial charge >= 0.3 is 12.1 Å². The number of benzene rings is 2. The van der Waals surface area contributed by atoms with Crippen molar-refractivity contribution >= 4 is 28.6 Å². The standard InChI is InChI=1S/C32H36F4N4O4/c1-44-17-16-40-20-25(28-23(6-5-7-27(28)40)29(41)38-12-3-2-4-13-38)30(42)39-14-10-22(11-15-39)24-18-21(8-9-26(24)33)19-37-31(43)32(34,35)36/h5-9,18,20,22H,2-4,10-17,19H2,1H3,(H,37,43). The number of halogens is 4. The van der Waals surface area contributed by atoms with Crippen LogP contribution in [0.25, 0.3) is 10.9 Å². The Hall–Kier alpha value is -3.93. The molecule has 3 aromatic rings. The van der Waals surface area contributed by atoms with Gasteiger partial charge in [0, 0.05) is 69.0 Å². The number of ether oxygens (including phenoxy) is 1. The van der Waals surface area contributed by atoms with Gasteiger partial charge in [0.1, 0.15) is 5.82 Å². The Morgan fingerprint density at radius 2 is 1.61 bits per heavy atom. The van der Waals surface area contributed by atoms with Gasteiger partial charge in [0.05, 0.1) is 12.2 Å².